The number of primary sulfonamides is 1. The lowest BCUT2D eigenvalue weighted by Crippen LogP contribution is -2.50. The number of nitrogens with two attached hydrogens (primary N) is 1. The van der Waals surface area contributed by atoms with Crippen molar-refractivity contribution in [3.05, 3.63) is 36.4 Å². The van der Waals surface area contributed by atoms with E-state index in [-0.39, 0.29) is 16.8 Å². The number of nitrogens with zero attached hydrogens (tertiary/aromatic N) is 2. The Balaban J connectivity index is 1.55. The van der Waals surface area contributed by atoms with Crippen molar-refractivity contribution in [3.63, 3.8) is 0 Å². The van der Waals surface area contributed by atoms with Gasteiger partial charge in [-0.15, -0.1) is 0 Å². The number of nitrogens with one attached hydrogen (secondary N) is 1. The van der Waals surface area contributed by atoms with E-state index in [9.17, 15) is 13.2 Å². The molecule has 142 valence electrons. The standard InChI is InChI=1S/C18H26N4O3S/c1-14(21-11-7-16(8-12-21)22-9-2-3-10-22)18(23)20-15-5-4-6-17(13-15)26(19,24)25/h2-6,13-14,16H,7-12H2,1H3,(H,20,23)(H2,19,24,25)/t14-/m0/s1. The van der Waals surface area contributed by atoms with E-state index in [4.69, 9.17) is 5.14 Å². The number of rotatable bonds is 5. The van der Waals surface area contributed by atoms with Gasteiger partial charge in [0.1, 0.15) is 0 Å². The number of piperidine rings is 1. The zero-order valence-corrected chi connectivity index (χ0v) is 15.8. The molecule has 0 aliphatic carbocycles. The highest BCUT2D eigenvalue weighted by molar-refractivity contribution is 7.89. The first-order valence-corrected chi connectivity index (χ1v) is 10.5. The minimum atomic E-state index is -3.79. The number of sulfonamides is 1. The Morgan fingerprint density at radius 2 is 1.88 bits per heavy atom. The first kappa shape index (κ1) is 19.0. The smallest absolute Gasteiger partial charge is 0.241 e. The summed E-state index contributed by atoms with van der Waals surface area (Å²) in [6, 6.07) is 6.33. The van der Waals surface area contributed by atoms with Crippen molar-refractivity contribution in [2.45, 2.75) is 36.7 Å². The summed E-state index contributed by atoms with van der Waals surface area (Å²) in [6.45, 7) is 5.71. The first-order valence-electron chi connectivity index (χ1n) is 8.91. The van der Waals surface area contributed by atoms with Crippen molar-refractivity contribution in [2.75, 3.05) is 31.5 Å². The summed E-state index contributed by atoms with van der Waals surface area (Å²) in [5, 5.41) is 7.94. The van der Waals surface area contributed by atoms with Crippen LogP contribution in [0.5, 0.6) is 0 Å². The van der Waals surface area contributed by atoms with Crippen molar-refractivity contribution in [2.24, 2.45) is 5.14 Å². The van der Waals surface area contributed by atoms with Gasteiger partial charge in [-0.05, 0) is 38.0 Å². The van der Waals surface area contributed by atoms with E-state index >= 15 is 0 Å². The third kappa shape index (κ3) is 4.50. The van der Waals surface area contributed by atoms with Crippen LogP contribution in [0.1, 0.15) is 19.8 Å². The number of anilines is 1. The molecule has 0 unspecified atom stereocenters. The summed E-state index contributed by atoms with van der Waals surface area (Å²) in [4.78, 5) is 17.2. The summed E-state index contributed by atoms with van der Waals surface area (Å²) in [6.07, 6.45) is 6.52. The molecule has 0 bridgehead atoms. The maximum atomic E-state index is 12.6. The largest absolute Gasteiger partial charge is 0.325 e. The average Bonchev–Trinajstić information content (AvgIpc) is 3.15. The van der Waals surface area contributed by atoms with E-state index in [0.717, 1.165) is 39.0 Å². The summed E-state index contributed by atoms with van der Waals surface area (Å²) in [5.41, 5.74) is 0.436. The molecule has 8 heteroatoms. The van der Waals surface area contributed by atoms with Crippen molar-refractivity contribution in [1.82, 2.24) is 9.80 Å². The van der Waals surface area contributed by atoms with E-state index in [1.54, 1.807) is 12.1 Å². The van der Waals surface area contributed by atoms with E-state index in [1.165, 1.54) is 12.1 Å². The Kier molecular flexibility index (Phi) is 5.76. The van der Waals surface area contributed by atoms with Crippen LogP contribution in [0.25, 0.3) is 0 Å². The summed E-state index contributed by atoms with van der Waals surface area (Å²) in [7, 11) is -3.79. The van der Waals surface area contributed by atoms with Gasteiger partial charge in [-0.1, -0.05) is 18.2 Å². The molecular weight excluding hydrogens is 352 g/mol. The highest BCUT2D eigenvalue weighted by atomic mass is 32.2. The van der Waals surface area contributed by atoms with Crippen LogP contribution in [0.15, 0.2) is 41.3 Å². The monoisotopic (exact) mass is 378 g/mol. The number of amides is 1. The van der Waals surface area contributed by atoms with Crippen molar-refractivity contribution < 1.29 is 13.2 Å². The predicted molar refractivity (Wildman–Crippen MR) is 101 cm³/mol. The van der Waals surface area contributed by atoms with Gasteiger partial charge in [-0.3, -0.25) is 14.6 Å². The molecule has 3 N–H and O–H groups in total. The zero-order valence-electron chi connectivity index (χ0n) is 15.0. The fourth-order valence-electron chi connectivity index (χ4n) is 3.59. The Bertz CT molecular complexity index is 777. The molecule has 1 saturated heterocycles. The molecule has 0 spiro atoms. The van der Waals surface area contributed by atoms with Crippen LogP contribution in [0.4, 0.5) is 5.69 Å². The molecule has 0 saturated carbocycles. The van der Waals surface area contributed by atoms with Crippen LogP contribution in [0.3, 0.4) is 0 Å². The van der Waals surface area contributed by atoms with Crippen molar-refractivity contribution in [1.29, 1.82) is 0 Å². The summed E-state index contributed by atoms with van der Waals surface area (Å²) < 4.78 is 22.9. The van der Waals surface area contributed by atoms with Crippen molar-refractivity contribution >= 4 is 21.6 Å². The van der Waals surface area contributed by atoms with Gasteiger partial charge in [0.2, 0.25) is 15.9 Å². The van der Waals surface area contributed by atoms with Crippen LogP contribution in [-0.4, -0.2) is 62.4 Å². The quantitative estimate of drug-likeness (QED) is 0.745. The number of carbonyl (C=O) groups is 1. The number of hydrogen-bond donors (Lipinski definition) is 2. The van der Waals surface area contributed by atoms with Gasteiger partial charge in [0.25, 0.3) is 0 Å². The van der Waals surface area contributed by atoms with E-state index in [1.807, 2.05) is 6.92 Å². The molecule has 1 aromatic carbocycles. The van der Waals surface area contributed by atoms with Gasteiger partial charge in [0, 0.05) is 37.9 Å². The van der Waals surface area contributed by atoms with Crippen LogP contribution >= 0.6 is 0 Å². The van der Waals surface area contributed by atoms with Gasteiger partial charge >= 0.3 is 0 Å². The molecule has 1 atom stereocenters. The predicted octanol–water partition coefficient (Wildman–Crippen LogP) is 0.997. The molecule has 3 rings (SSSR count). The average molecular weight is 378 g/mol. The van der Waals surface area contributed by atoms with Crippen LogP contribution in [0, 0.1) is 0 Å². The SMILES string of the molecule is C[C@@H](C(=O)Nc1cccc(S(N)(=O)=O)c1)N1CCC(N2CC=CC2)CC1. The Morgan fingerprint density at radius 3 is 2.50 bits per heavy atom. The van der Waals surface area contributed by atoms with Crippen LogP contribution in [-0.2, 0) is 14.8 Å². The molecule has 0 aromatic heterocycles. The molecular formula is C18H26N4O3S. The third-order valence-electron chi connectivity index (χ3n) is 5.22. The molecule has 2 aliphatic rings. The van der Waals surface area contributed by atoms with Crippen molar-refractivity contribution in [3.8, 4) is 0 Å². The van der Waals surface area contributed by atoms with E-state index in [2.05, 4.69) is 27.3 Å². The third-order valence-corrected chi connectivity index (χ3v) is 6.13. The zero-order chi connectivity index (χ0) is 18.7. The summed E-state index contributed by atoms with van der Waals surface area (Å²) in [5.74, 6) is -0.141. The fourth-order valence-corrected chi connectivity index (χ4v) is 4.15. The normalized spacial score (nSPS) is 21.0. The molecule has 2 heterocycles. The highest BCUT2D eigenvalue weighted by Crippen LogP contribution is 2.21. The molecule has 7 nitrogen and oxygen atoms in total. The number of hydrogen-bond acceptors (Lipinski definition) is 5. The lowest BCUT2D eigenvalue weighted by atomic mass is 10.0. The van der Waals surface area contributed by atoms with E-state index < -0.39 is 10.0 Å². The Hall–Kier alpha value is -1.74. The molecule has 0 radical (unpaired) electrons. The minimum Gasteiger partial charge on any atom is -0.325 e. The van der Waals surface area contributed by atoms with Gasteiger partial charge in [-0.2, -0.15) is 0 Å². The molecule has 1 aromatic rings. The lowest BCUT2D eigenvalue weighted by Gasteiger charge is -2.38. The number of benzene rings is 1. The second-order valence-corrected chi connectivity index (χ2v) is 8.49. The van der Waals surface area contributed by atoms with Crippen LogP contribution < -0.4 is 10.5 Å². The highest BCUT2D eigenvalue weighted by Gasteiger charge is 2.29. The summed E-state index contributed by atoms with van der Waals surface area (Å²) >= 11 is 0. The molecule has 2 aliphatic heterocycles. The van der Waals surface area contributed by atoms with Gasteiger partial charge < -0.3 is 5.32 Å². The van der Waals surface area contributed by atoms with E-state index in [0.29, 0.717) is 11.7 Å². The second kappa shape index (κ2) is 7.87. The molecule has 1 amide bonds. The number of likely N-dealkylation sites (tertiary alicyclic amines) is 1. The topological polar surface area (TPSA) is 95.7 Å². The second-order valence-electron chi connectivity index (χ2n) is 6.93. The lowest BCUT2D eigenvalue weighted by molar-refractivity contribution is -0.121. The molecule has 1 fully saturated rings. The number of carbonyl (C=O) groups excluding carboxylic acids is 1. The first-order chi connectivity index (χ1) is 12.3. The Labute approximate surface area is 154 Å². The van der Waals surface area contributed by atoms with Crippen LogP contribution in [0.2, 0.25) is 0 Å². The fraction of sp³-hybridized carbons (Fsp3) is 0.500. The maximum Gasteiger partial charge on any atom is 0.241 e. The van der Waals surface area contributed by atoms with Gasteiger partial charge in [0.15, 0.2) is 0 Å². The van der Waals surface area contributed by atoms with Gasteiger partial charge in [0.05, 0.1) is 10.9 Å². The maximum absolute atomic E-state index is 12.6. The Morgan fingerprint density at radius 1 is 1.23 bits per heavy atom. The van der Waals surface area contributed by atoms with Gasteiger partial charge in [-0.25, -0.2) is 13.6 Å². The minimum absolute atomic E-state index is 0.0111. The molecule has 26 heavy (non-hydrogen) atoms.